The van der Waals surface area contributed by atoms with Crippen molar-refractivity contribution in [1.29, 1.82) is 5.26 Å². The van der Waals surface area contributed by atoms with Gasteiger partial charge in [-0.3, -0.25) is 9.38 Å². The summed E-state index contributed by atoms with van der Waals surface area (Å²) in [6.45, 7) is 0.144. The fraction of sp³-hybridized carbons (Fsp3) is 0.0476. The molecule has 0 atom stereocenters. The zero-order valence-corrected chi connectivity index (χ0v) is 15.5. The Kier molecular flexibility index (Phi) is 4.74. The summed E-state index contributed by atoms with van der Waals surface area (Å²) in [6, 6.07) is 13.0. The number of carbonyl (C=O) groups is 1. The van der Waals surface area contributed by atoms with Crippen LogP contribution in [0.5, 0.6) is 0 Å². The van der Waals surface area contributed by atoms with Gasteiger partial charge in [0.1, 0.15) is 23.2 Å². The predicted molar refractivity (Wildman–Crippen MR) is 108 cm³/mol. The van der Waals surface area contributed by atoms with Crippen molar-refractivity contribution in [3.8, 4) is 17.3 Å². The van der Waals surface area contributed by atoms with Crippen LogP contribution in [0.15, 0.2) is 54.9 Å². The maximum Gasteiger partial charge on any atom is 0.352 e. The molecule has 0 amide bonds. The highest BCUT2D eigenvalue weighted by atomic mass is 19.1. The highest BCUT2D eigenvalue weighted by molar-refractivity contribution is 5.88. The van der Waals surface area contributed by atoms with Crippen LogP contribution in [0.1, 0.15) is 21.7 Å². The molecule has 3 heterocycles. The van der Waals surface area contributed by atoms with E-state index in [-0.39, 0.29) is 12.2 Å². The van der Waals surface area contributed by atoms with Crippen molar-refractivity contribution in [1.82, 2.24) is 14.4 Å². The molecule has 0 saturated carbocycles. The number of pyridine rings is 2. The number of hydrogen-bond acceptors (Lipinski definition) is 6. The number of nitrogens with one attached hydrogen (secondary N) is 1. The Bertz CT molecular complexity index is 1330. The first-order valence-corrected chi connectivity index (χ1v) is 8.86. The first-order valence-electron chi connectivity index (χ1n) is 8.86. The van der Waals surface area contributed by atoms with Crippen LogP contribution in [0, 0.1) is 17.1 Å². The lowest BCUT2D eigenvalue weighted by atomic mass is 10.1. The maximum atomic E-state index is 13.9. The molecule has 0 aliphatic carbocycles. The largest absolute Gasteiger partial charge is 0.477 e. The number of carboxylic acids is 1. The van der Waals surface area contributed by atoms with Crippen LogP contribution in [-0.2, 0) is 6.54 Å². The predicted octanol–water partition coefficient (Wildman–Crippen LogP) is 3.30. The van der Waals surface area contributed by atoms with E-state index in [4.69, 9.17) is 5.73 Å². The van der Waals surface area contributed by atoms with Gasteiger partial charge in [-0.1, -0.05) is 12.1 Å². The van der Waals surface area contributed by atoms with Gasteiger partial charge in [0.25, 0.3) is 0 Å². The minimum absolute atomic E-state index is 0.0211. The molecule has 4 aromatic rings. The van der Waals surface area contributed by atoms with Crippen LogP contribution in [-0.4, -0.2) is 25.4 Å². The van der Waals surface area contributed by atoms with E-state index in [9.17, 15) is 19.6 Å². The number of nitriles is 1. The molecular formula is C21H15FN6O2. The standard InChI is InChI=1S/C21H15FN6O2/c22-13-7-12(9-25-10-13)20-17(11-26-16-4-1-3-15(24)14(16)8-23)27-19-6-2-5-18(21(29)30)28(19)20/h1-7,9-10,26H,11,24H2,(H,29,30). The fourth-order valence-corrected chi connectivity index (χ4v) is 3.29. The second-order valence-corrected chi connectivity index (χ2v) is 6.44. The molecule has 0 aliphatic rings. The molecule has 148 valence electrons. The van der Waals surface area contributed by atoms with Crippen molar-refractivity contribution < 1.29 is 14.3 Å². The summed E-state index contributed by atoms with van der Waals surface area (Å²) in [5.41, 5.74) is 8.59. The lowest BCUT2D eigenvalue weighted by Gasteiger charge is -2.11. The first kappa shape index (κ1) is 18.9. The maximum absolute atomic E-state index is 13.9. The van der Waals surface area contributed by atoms with E-state index >= 15 is 0 Å². The van der Waals surface area contributed by atoms with Crippen LogP contribution in [0.4, 0.5) is 15.8 Å². The monoisotopic (exact) mass is 402 g/mol. The number of nitrogens with zero attached hydrogens (tertiary/aromatic N) is 4. The number of imidazole rings is 1. The molecule has 4 rings (SSSR count). The lowest BCUT2D eigenvalue weighted by molar-refractivity contribution is 0.0689. The number of nitrogen functional groups attached to an aromatic ring is 1. The number of rotatable bonds is 5. The fourth-order valence-electron chi connectivity index (χ4n) is 3.29. The minimum Gasteiger partial charge on any atom is -0.477 e. The number of anilines is 2. The molecule has 0 fully saturated rings. The van der Waals surface area contributed by atoms with Crippen LogP contribution < -0.4 is 11.1 Å². The van der Waals surface area contributed by atoms with Gasteiger partial charge in [0.05, 0.1) is 41.1 Å². The molecule has 9 heteroatoms. The highest BCUT2D eigenvalue weighted by Gasteiger charge is 2.20. The zero-order chi connectivity index (χ0) is 21.3. The number of aromatic carboxylic acids is 1. The Morgan fingerprint density at radius 3 is 2.80 bits per heavy atom. The Hall–Kier alpha value is -4.45. The first-order chi connectivity index (χ1) is 14.5. The van der Waals surface area contributed by atoms with E-state index in [2.05, 4.69) is 21.4 Å². The average molecular weight is 402 g/mol. The lowest BCUT2D eigenvalue weighted by Crippen LogP contribution is -2.08. The number of aromatic nitrogens is 3. The highest BCUT2D eigenvalue weighted by Crippen LogP contribution is 2.28. The van der Waals surface area contributed by atoms with E-state index in [0.717, 1.165) is 6.20 Å². The van der Waals surface area contributed by atoms with Gasteiger partial charge in [-0.15, -0.1) is 0 Å². The Morgan fingerprint density at radius 1 is 1.27 bits per heavy atom. The normalized spacial score (nSPS) is 10.7. The van der Waals surface area contributed by atoms with Gasteiger partial charge in [0.15, 0.2) is 0 Å². The number of halogens is 1. The number of nitrogens with two attached hydrogens (primary N) is 1. The number of hydrogen-bond donors (Lipinski definition) is 3. The van der Waals surface area contributed by atoms with E-state index in [0.29, 0.717) is 39.5 Å². The molecule has 30 heavy (non-hydrogen) atoms. The molecule has 0 aliphatic heterocycles. The van der Waals surface area contributed by atoms with Gasteiger partial charge in [0, 0.05) is 11.8 Å². The molecule has 0 spiro atoms. The Labute approximate surface area is 170 Å². The molecule has 3 aromatic heterocycles. The van der Waals surface area contributed by atoms with E-state index in [1.807, 2.05) is 0 Å². The third-order valence-corrected chi connectivity index (χ3v) is 4.57. The summed E-state index contributed by atoms with van der Waals surface area (Å²) in [6.07, 6.45) is 2.50. The topological polar surface area (TPSA) is 129 Å². The van der Waals surface area contributed by atoms with Crippen molar-refractivity contribution in [2.75, 3.05) is 11.1 Å². The van der Waals surface area contributed by atoms with Gasteiger partial charge in [0.2, 0.25) is 0 Å². The molecular weight excluding hydrogens is 387 g/mol. The van der Waals surface area contributed by atoms with E-state index < -0.39 is 11.8 Å². The number of fused-ring (bicyclic) bond motifs is 1. The summed E-state index contributed by atoms with van der Waals surface area (Å²) < 4.78 is 15.3. The van der Waals surface area contributed by atoms with Gasteiger partial charge >= 0.3 is 5.97 Å². The number of carboxylic acid groups (broad SMARTS) is 1. The van der Waals surface area contributed by atoms with Gasteiger partial charge < -0.3 is 16.2 Å². The van der Waals surface area contributed by atoms with Gasteiger partial charge in [-0.25, -0.2) is 14.2 Å². The molecule has 0 radical (unpaired) electrons. The van der Waals surface area contributed by atoms with E-state index in [1.165, 1.54) is 22.7 Å². The van der Waals surface area contributed by atoms with Crippen LogP contribution in [0.3, 0.4) is 0 Å². The second kappa shape index (κ2) is 7.52. The van der Waals surface area contributed by atoms with Crippen molar-refractivity contribution in [3.63, 3.8) is 0 Å². The van der Waals surface area contributed by atoms with Crippen molar-refractivity contribution in [2.24, 2.45) is 0 Å². The number of benzene rings is 1. The van der Waals surface area contributed by atoms with Crippen LogP contribution >= 0.6 is 0 Å². The Balaban J connectivity index is 1.87. The molecule has 0 bridgehead atoms. The summed E-state index contributed by atoms with van der Waals surface area (Å²) in [5.74, 6) is -1.71. The van der Waals surface area contributed by atoms with Crippen molar-refractivity contribution in [3.05, 3.63) is 77.6 Å². The summed E-state index contributed by atoms with van der Waals surface area (Å²) in [4.78, 5) is 20.2. The van der Waals surface area contributed by atoms with Crippen molar-refractivity contribution >= 4 is 23.0 Å². The quantitative estimate of drug-likeness (QED) is 0.437. The van der Waals surface area contributed by atoms with Gasteiger partial charge in [-0.2, -0.15) is 5.26 Å². The Morgan fingerprint density at radius 2 is 2.07 bits per heavy atom. The summed E-state index contributed by atoms with van der Waals surface area (Å²) >= 11 is 0. The molecule has 0 saturated heterocycles. The third kappa shape index (κ3) is 3.27. The SMILES string of the molecule is N#Cc1c(N)cccc1NCc1nc2cccc(C(=O)O)n2c1-c1cncc(F)c1. The molecule has 0 unspecified atom stereocenters. The van der Waals surface area contributed by atoms with Crippen LogP contribution in [0.25, 0.3) is 16.9 Å². The van der Waals surface area contributed by atoms with Crippen LogP contribution in [0.2, 0.25) is 0 Å². The second-order valence-electron chi connectivity index (χ2n) is 6.44. The molecule has 1 aromatic carbocycles. The summed E-state index contributed by atoms with van der Waals surface area (Å²) in [5, 5.41) is 22.1. The molecule has 4 N–H and O–H groups in total. The summed E-state index contributed by atoms with van der Waals surface area (Å²) in [7, 11) is 0. The zero-order valence-electron chi connectivity index (χ0n) is 15.5. The van der Waals surface area contributed by atoms with Gasteiger partial charge in [-0.05, 0) is 30.3 Å². The minimum atomic E-state index is -1.15. The van der Waals surface area contributed by atoms with E-state index in [1.54, 1.807) is 30.3 Å². The molecule has 8 nitrogen and oxygen atoms in total. The smallest absolute Gasteiger partial charge is 0.352 e. The third-order valence-electron chi connectivity index (χ3n) is 4.57. The average Bonchev–Trinajstić information content (AvgIpc) is 3.10. The van der Waals surface area contributed by atoms with Crippen molar-refractivity contribution in [2.45, 2.75) is 6.54 Å².